The number of nitrogens with one attached hydrogen (secondary N) is 2. The van der Waals surface area contributed by atoms with Gasteiger partial charge in [0.1, 0.15) is 23.9 Å². The summed E-state index contributed by atoms with van der Waals surface area (Å²) in [6.07, 6.45) is 1.52. The van der Waals surface area contributed by atoms with Crippen molar-refractivity contribution in [1.29, 1.82) is 0 Å². The Morgan fingerprint density at radius 1 is 0.892 bits per heavy atom. The average molecular weight is 492 g/mol. The number of anilines is 2. The highest BCUT2D eigenvalue weighted by Crippen LogP contribution is 2.42. The molecule has 5 rings (SSSR count). The lowest BCUT2D eigenvalue weighted by molar-refractivity contribution is -0.117. The molecule has 0 aliphatic heterocycles. The van der Waals surface area contributed by atoms with E-state index < -0.39 is 6.04 Å². The summed E-state index contributed by atoms with van der Waals surface area (Å²) in [6.45, 7) is 5.08. The SMILES string of the molecule is CC(C)CNc1ncnc2oc(-c3ccc(NC(=O)C(N)c4ccccc4)cc3)c(-c3ccccc3)c12. The van der Waals surface area contributed by atoms with Crippen molar-refractivity contribution >= 4 is 28.5 Å². The minimum absolute atomic E-state index is 0.274. The summed E-state index contributed by atoms with van der Waals surface area (Å²) in [7, 11) is 0. The van der Waals surface area contributed by atoms with Crippen molar-refractivity contribution in [2.75, 3.05) is 17.2 Å². The Hall–Kier alpha value is -4.49. The molecule has 2 aromatic heterocycles. The fourth-order valence-electron chi connectivity index (χ4n) is 4.19. The van der Waals surface area contributed by atoms with E-state index in [0.717, 1.165) is 40.0 Å². The summed E-state index contributed by atoms with van der Waals surface area (Å²) in [4.78, 5) is 21.6. The van der Waals surface area contributed by atoms with Crippen LogP contribution in [0.1, 0.15) is 25.5 Å². The molecule has 1 unspecified atom stereocenters. The van der Waals surface area contributed by atoms with Gasteiger partial charge in [0.05, 0.1) is 5.39 Å². The minimum atomic E-state index is -0.753. The Balaban J connectivity index is 1.50. The molecule has 7 heteroatoms. The summed E-state index contributed by atoms with van der Waals surface area (Å²) < 4.78 is 6.31. The number of benzene rings is 3. The van der Waals surface area contributed by atoms with Gasteiger partial charge in [-0.15, -0.1) is 0 Å². The largest absolute Gasteiger partial charge is 0.437 e. The van der Waals surface area contributed by atoms with Crippen LogP contribution in [0.25, 0.3) is 33.6 Å². The second kappa shape index (κ2) is 10.6. The number of amides is 1. The Labute approximate surface area is 215 Å². The van der Waals surface area contributed by atoms with Gasteiger partial charge >= 0.3 is 0 Å². The van der Waals surface area contributed by atoms with Crippen LogP contribution in [0, 0.1) is 5.92 Å². The van der Waals surface area contributed by atoms with Gasteiger partial charge in [0.15, 0.2) is 0 Å². The van der Waals surface area contributed by atoms with Crippen LogP contribution in [0.15, 0.2) is 95.7 Å². The summed E-state index contributed by atoms with van der Waals surface area (Å²) in [5.41, 5.74) is 10.9. The zero-order valence-electron chi connectivity index (χ0n) is 20.8. The molecule has 0 saturated carbocycles. The number of carbonyl (C=O) groups excluding carboxylic acids is 1. The van der Waals surface area contributed by atoms with Crippen LogP contribution in [-0.2, 0) is 4.79 Å². The molecule has 0 bridgehead atoms. The molecular formula is C30H29N5O2. The summed E-state index contributed by atoms with van der Waals surface area (Å²) in [6, 6.07) is 26.1. The lowest BCUT2D eigenvalue weighted by atomic mass is 9.99. The van der Waals surface area contributed by atoms with Crippen LogP contribution in [0.3, 0.4) is 0 Å². The van der Waals surface area contributed by atoms with Gasteiger partial charge in [0, 0.05) is 23.4 Å². The van der Waals surface area contributed by atoms with E-state index in [1.165, 1.54) is 6.33 Å². The van der Waals surface area contributed by atoms with Crippen molar-refractivity contribution in [1.82, 2.24) is 9.97 Å². The van der Waals surface area contributed by atoms with Crippen LogP contribution in [-0.4, -0.2) is 22.4 Å². The third-order valence-corrected chi connectivity index (χ3v) is 6.08. The number of rotatable bonds is 8. The topological polar surface area (TPSA) is 106 Å². The van der Waals surface area contributed by atoms with Crippen LogP contribution >= 0.6 is 0 Å². The highest BCUT2D eigenvalue weighted by molar-refractivity contribution is 6.06. The maximum atomic E-state index is 12.7. The van der Waals surface area contributed by atoms with Gasteiger partial charge in [-0.05, 0) is 41.3 Å². The van der Waals surface area contributed by atoms with Gasteiger partial charge in [-0.2, -0.15) is 0 Å². The molecule has 4 N–H and O–H groups in total. The van der Waals surface area contributed by atoms with Crippen molar-refractivity contribution in [3.8, 4) is 22.5 Å². The number of fused-ring (bicyclic) bond motifs is 1. The van der Waals surface area contributed by atoms with Gasteiger partial charge in [-0.1, -0.05) is 74.5 Å². The molecule has 3 aromatic carbocycles. The van der Waals surface area contributed by atoms with Gasteiger partial charge < -0.3 is 20.8 Å². The highest BCUT2D eigenvalue weighted by Gasteiger charge is 2.22. The predicted octanol–water partition coefficient (Wildman–Crippen LogP) is 6.26. The molecule has 1 amide bonds. The Morgan fingerprint density at radius 3 is 2.24 bits per heavy atom. The third kappa shape index (κ3) is 5.22. The van der Waals surface area contributed by atoms with Gasteiger partial charge in [0.25, 0.3) is 0 Å². The molecule has 37 heavy (non-hydrogen) atoms. The Bertz CT molecular complexity index is 1500. The van der Waals surface area contributed by atoms with Gasteiger partial charge in [-0.3, -0.25) is 4.79 Å². The normalized spacial score (nSPS) is 12.0. The Morgan fingerprint density at radius 2 is 1.57 bits per heavy atom. The smallest absolute Gasteiger partial charge is 0.245 e. The number of furan rings is 1. The second-order valence-electron chi connectivity index (χ2n) is 9.30. The maximum absolute atomic E-state index is 12.7. The van der Waals surface area contributed by atoms with Crippen molar-refractivity contribution in [3.05, 3.63) is 96.8 Å². The van der Waals surface area contributed by atoms with Crippen molar-refractivity contribution in [3.63, 3.8) is 0 Å². The summed E-state index contributed by atoms with van der Waals surface area (Å²) in [5, 5.41) is 7.19. The number of nitrogens with zero attached hydrogens (tertiary/aromatic N) is 2. The first-order valence-corrected chi connectivity index (χ1v) is 12.3. The molecule has 186 valence electrons. The zero-order valence-corrected chi connectivity index (χ0v) is 20.8. The first-order valence-electron chi connectivity index (χ1n) is 12.3. The molecular weight excluding hydrogens is 462 g/mol. The lowest BCUT2D eigenvalue weighted by Gasteiger charge is -2.13. The molecule has 5 aromatic rings. The molecule has 0 saturated heterocycles. The highest BCUT2D eigenvalue weighted by atomic mass is 16.3. The first kappa shape index (κ1) is 24.2. The number of aromatic nitrogens is 2. The molecule has 0 spiro atoms. The molecule has 0 aliphatic carbocycles. The summed E-state index contributed by atoms with van der Waals surface area (Å²) >= 11 is 0. The molecule has 0 radical (unpaired) electrons. The van der Waals surface area contributed by atoms with Crippen LogP contribution in [0.4, 0.5) is 11.5 Å². The maximum Gasteiger partial charge on any atom is 0.245 e. The van der Waals surface area contributed by atoms with E-state index in [2.05, 4.69) is 34.4 Å². The fourth-order valence-corrected chi connectivity index (χ4v) is 4.19. The second-order valence-corrected chi connectivity index (χ2v) is 9.30. The minimum Gasteiger partial charge on any atom is -0.437 e. The Kier molecular flexibility index (Phi) is 6.96. The lowest BCUT2D eigenvalue weighted by Crippen LogP contribution is -2.27. The molecule has 2 heterocycles. The summed E-state index contributed by atoms with van der Waals surface area (Å²) in [5.74, 6) is 1.61. The van der Waals surface area contributed by atoms with E-state index in [4.69, 9.17) is 10.2 Å². The molecule has 0 fully saturated rings. The van der Waals surface area contributed by atoms with E-state index in [1.807, 2.05) is 84.9 Å². The number of hydrogen-bond acceptors (Lipinski definition) is 6. The van der Waals surface area contributed by atoms with Crippen molar-refractivity contribution < 1.29 is 9.21 Å². The van der Waals surface area contributed by atoms with Crippen LogP contribution in [0.2, 0.25) is 0 Å². The van der Waals surface area contributed by atoms with Crippen LogP contribution in [0.5, 0.6) is 0 Å². The van der Waals surface area contributed by atoms with E-state index in [0.29, 0.717) is 23.1 Å². The average Bonchev–Trinajstić information content (AvgIpc) is 3.33. The van der Waals surface area contributed by atoms with E-state index in [9.17, 15) is 4.79 Å². The van der Waals surface area contributed by atoms with Crippen molar-refractivity contribution in [2.24, 2.45) is 11.7 Å². The molecule has 1 atom stereocenters. The third-order valence-electron chi connectivity index (χ3n) is 6.08. The van der Waals surface area contributed by atoms with E-state index in [1.54, 1.807) is 0 Å². The van der Waals surface area contributed by atoms with Crippen LogP contribution < -0.4 is 16.4 Å². The zero-order chi connectivity index (χ0) is 25.8. The monoisotopic (exact) mass is 491 g/mol. The van der Waals surface area contributed by atoms with E-state index >= 15 is 0 Å². The van der Waals surface area contributed by atoms with Gasteiger partial charge in [0.2, 0.25) is 11.6 Å². The molecule has 0 aliphatic rings. The standard InChI is InChI=1S/C30H29N5O2/c1-19(2)17-32-28-25-24(20-9-5-3-6-10-20)27(37-30(25)34-18-33-28)22-13-15-23(16-14-22)35-29(36)26(31)21-11-7-4-8-12-21/h3-16,18-19,26H,17,31H2,1-2H3,(H,35,36)(H,32,33,34). The van der Waals surface area contributed by atoms with E-state index in [-0.39, 0.29) is 5.91 Å². The van der Waals surface area contributed by atoms with Gasteiger partial charge in [-0.25, -0.2) is 9.97 Å². The van der Waals surface area contributed by atoms with Crippen molar-refractivity contribution in [2.45, 2.75) is 19.9 Å². The first-order chi connectivity index (χ1) is 18.0. The molecule has 7 nitrogen and oxygen atoms in total. The fraction of sp³-hybridized carbons (Fsp3) is 0.167. The number of carbonyl (C=O) groups is 1. The number of nitrogens with two attached hydrogens (primary N) is 1. The predicted molar refractivity (Wildman–Crippen MR) is 148 cm³/mol. The quantitative estimate of drug-likeness (QED) is 0.236. The number of hydrogen-bond donors (Lipinski definition) is 3.